The Morgan fingerprint density at radius 1 is 0.842 bits per heavy atom. The van der Waals surface area contributed by atoms with E-state index in [9.17, 15) is 0 Å². The van der Waals surface area contributed by atoms with E-state index in [1.165, 1.54) is 10.8 Å². The third-order valence-electron chi connectivity index (χ3n) is 3.25. The van der Waals surface area contributed by atoms with Crippen LogP contribution in [-0.4, -0.2) is 12.5 Å². The highest BCUT2D eigenvalue weighted by Gasteiger charge is 2.07. The smallest absolute Gasteiger partial charge is 0.134 e. The topological polar surface area (TPSA) is 9.23 Å². The molecule has 0 heterocycles. The predicted octanol–water partition coefficient (Wildman–Crippen LogP) is 5.00. The van der Waals surface area contributed by atoms with Crippen LogP contribution in [0.1, 0.15) is 6.42 Å². The minimum absolute atomic E-state index is 0.628. The molecule has 0 unspecified atom stereocenters. The van der Waals surface area contributed by atoms with Crippen LogP contribution in [-0.2, 0) is 0 Å². The lowest BCUT2D eigenvalue weighted by atomic mass is 10.0. The van der Waals surface area contributed by atoms with Crippen LogP contribution in [0, 0.1) is 0 Å². The van der Waals surface area contributed by atoms with Gasteiger partial charge in [-0.25, -0.2) is 0 Å². The third kappa shape index (κ3) is 2.39. The van der Waals surface area contributed by atoms with Crippen LogP contribution in [0.5, 0.6) is 5.75 Å². The molecule has 0 aliphatic carbocycles. The van der Waals surface area contributed by atoms with E-state index in [1.807, 2.05) is 12.1 Å². The number of hydrogen-bond donors (Lipinski definition) is 0. The van der Waals surface area contributed by atoms with Crippen molar-refractivity contribution in [1.82, 2.24) is 0 Å². The van der Waals surface area contributed by atoms with Gasteiger partial charge in [0.2, 0.25) is 0 Å². The van der Waals surface area contributed by atoms with E-state index in [0.29, 0.717) is 12.5 Å². The number of rotatable bonds is 4. The predicted molar refractivity (Wildman–Crippen MR) is 82.3 cm³/mol. The molecule has 0 saturated heterocycles. The first kappa shape index (κ1) is 12.3. The minimum Gasteiger partial charge on any atom is -0.492 e. The van der Waals surface area contributed by atoms with Crippen LogP contribution < -0.4 is 4.74 Å². The summed E-state index contributed by atoms with van der Waals surface area (Å²) in [6.45, 7) is 0.654. The molecular formula is C17H15ClO. The first-order valence-corrected chi connectivity index (χ1v) is 7.03. The Labute approximate surface area is 117 Å². The second-order valence-electron chi connectivity index (χ2n) is 4.54. The fourth-order valence-corrected chi connectivity index (χ4v) is 2.47. The Bertz CT molecular complexity index is 652. The summed E-state index contributed by atoms with van der Waals surface area (Å²) in [6, 6.07) is 18.9. The Morgan fingerprint density at radius 3 is 2.00 bits per heavy atom. The van der Waals surface area contributed by atoms with Gasteiger partial charge in [0.1, 0.15) is 5.75 Å². The molecule has 0 spiro atoms. The minimum atomic E-state index is 0.628. The summed E-state index contributed by atoms with van der Waals surface area (Å²) in [7, 11) is 0. The van der Waals surface area contributed by atoms with Gasteiger partial charge < -0.3 is 4.74 Å². The molecule has 0 saturated carbocycles. The molecule has 0 radical (unpaired) electrons. The van der Waals surface area contributed by atoms with Gasteiger partial charge in [0.25, 0.3) is 0 Å². The fourth-order valence-electron chi connectivity index (χ4n) is 2.36. The molecule has 0 N–H and O–H groups in total. The van der Waals surface area contributed by atoms with Crippen molar-refractivity contribution < 1.29 is 4.74 Å². The largest absolute Gasteiger partial charge is 0.492 e. The van der Waals surface area contributed by atoms with E-state index < -0.39 is 0 Å². The van der Waals surface area contributed by atoms with Crippen molar-refractivity contribution in [1.29, 1.82) is 0 Å². The molecule has 3 aromatic rings. The lowest BCUT2D eigenvalue weighted by Gasteiger charge is -2.12. The highest BCUT2D eigenvalue weighted by Crippen LogP contribution is 2.34. The van der Waals surface area contributed by atoms with Crippen LogP contribution in [0.25, 0.3) is 21.5 Å². The Morgan fingerprint density at radius 2 is 1.42 bits per heavy atom. The first-order valence-electron chi connectivity index (χ1n) is 6.49. The first-order chi connectivity index (χ1) is 9.40. The summed E-state index contributed by atoms with van der Waals surface area (Å²) >= 11 is 5.72. The van der Waals surface area contributed by atoms with Gasteiger partial charge in [0.05, 0.1) is 6.61 Å². The van der Waals surface area contributed by atoms with E-state index in [1.54, 1.807) is 0 Å². The molecule has 0 aliphatic heterocycles. The number of fused-ring (bicyclic) bond motifs is 2. The maximum atomic E-state index is 5.99. The van der Waals surface area contributed by atoms with Gasteiger partial charge in [-0.15, -0.1) is 11.6 Å². The second kappa shape index (κ2) is 5.50. The third-order valence-corrected chi connectivity index (χ3v) is 3.51. The molecule has 3 aromatic carbocycles. The van der Waals surface area contributed by atoms with Gasteiger partial charge in [-0.3, -0.25) is 0 Å². The number of alkyl halides is 1. The van der Waals surface area contributed by atoms with Crippen LogP contribution in [0.4, 0.5) is 0 Å². The summed E-state index contributed by atoms with van der Waals surface area (Å²) in [5, 5.41) is 4.75. The van der Waals surface area contributed by atoms with Crippen molar-refractivity contribution in [3.05, 3.63) is 54.6 Å². The summed E-state index contributed by atoms with van der Waals surface area (Å²) in [4.78, 5) is 0. The average Bonchev–Trinajstić information content (AvgIpc) is 2.46. The maximum absolute atomic E-state index is 5.99. The molecule has 96 valence electrons. The standard InChI is InChI=1S/C17H15ClO/c18-10-5-11-19-17-15-8-3-1-6-13(15)12-14-7-2-4-9-16(14)17/h1-4,6-9,12H,5,10-11H2. The monoisotopic (exact) mass is 270 g/mol. The number of benzene rings is 3. The zero-order chi connectivity index (χ0) is 13.1. The lowest BCUT2D eigenvalue weighted by molar-refractivity contribution is 0.325. The van der Waals surface area contributed by atoms with E-state index in [4.69, 9.17) is 16.3 Å². The summed E-state index contributed by atoms with van der Waals surface area (Å²) < 4.78 is 5.99. The van der Waals surface area contributed by atoms with Crippen molar-refractivity contribution in [2.45, 2.75) is 6.42 Å². The maximum Gasteiger partial charge on any atom is 0.134 e. The Balaban J connectivity index is 2.21. The van der Waals surface area contributed by atoms with Crippen molar-refractivity contribution in [3.63, 3.8) is 0 Å². The molecule has 0 fully saturated rings. The molecule has 0 amide bonds. The quantitative estimate of drug-likeness (QED) is 0.368. The van der Waals surface area contributed by atoms with E-state index >= 15 is 0 Å². The Kier molecular flexibility index (Phi) is 3.56. The summed E-state index contributed by atoms with van der Waals surface area (Å²) in [6.07, 6.45) is 0.860. The molecule has 0 aliphatic rings. The molecule has 0 aromatic heterocycles. The zero-order valence-electron chi connectivity index (χ0n) is 10.6. The van der Waals surface area contributed by atoms with Gasteiger partial charge in [-0.1, -0.05) is 48.5 Å². The number of ether oxygens (including phenoxy) is 1. The summed E-state index contributed by atoms with van der Waals surface area (Å²) in [5.74, 6) is 1.60. The molecule has 1 nitrogen and oxygen atoms in total. The molecule has 19 heavy (non-hydrogen) atoms. The van der Waals surface area contributed by atoms with Crippen LogP contribution in [0.15, 0.2) is 54.6 Å². The number of hydrogen-bond acceptors (Lipinski definition) is 1. The molecule has 3 rings (SSSR count). The zero-order valence-corrected chi connectivity index (χ0v) is 11.4. The van der Waals surface area contributed by atoms with Crippen molar-refractivity contribution >= 4 is 33.1 Å². The van der Waals surface area contributed by atoms with Gasteiger partial charge in [-0.2, -0.15) is 0 Å². The van der Waals surface area contributed by atoms with Crippen LogP contribution in [0.2, 0.25) is 0 Å². The van der Waals surface area contributed by atoms with Gasteiger partial charge in [0.15, 0.2) is 0 Å². The van der Waals surface area contributed by atoms with Crippen LogP contribution >= 0.6 is 11.6 Å². The van der Waals surface area contributed by atoms with E-state index in [2.05, 4.69) is 42.5 Å². The van der Waals surface area contributed by atoms with Crippen molar-refractivity contribution in [2.75, 3.05) is 12.5 Å². The van der Waals surface area contributed by atoms with Gasteiger partial charge >= 0.3 is 0 Å². The number of halogens is 1. The molecule has 0 bridgehead atoms. The molecule has 2 heteroatoms. The SMILES string of the molecule is ClCCCOc1c2ccccc2cc2ccccc12. The van der Waals surface area contributed by atoms with Crippen molar-refractivity contribution in [3.8, 4) is 5.75 Å². The van der Waals surface area contributed by atoms with Gasteiger partial charge in [-0.05, 0) is 23.3 Å². The van der Waals surface area contributed by atoms with Crippen LogP contribution in [0.3, 0.4) is 0 Å². The normalized spacial score (nSPS) is 11.0. The fraction of sp³-hybridized carbons (Fsp3) is 0.176. The van der Waals surface area contributed by atoms with Gasteiger partial charge in [0, 0.05) is 16.7 Å². The van der Waals surface area contributed by atoms with Crippen molar-refractivity contribution in [2.24, 2.45) is 0 Å². The summed E-state index contributed by atoms with van der Waals surface area (Å²) in [5.41, 5.74) is 0. The highest BCUT2D eigenvalue weighted by molar-refractivity contribution is 6.17. The average molecular weight is 271 g/mol. The second-order valence-corrected chi connectivity index (χ2v) is 4.92. The molecule has 0 atom stereocenters. The highest BCUT2D eigenvalue weighted by atomic mass is 35.5. The van der Waals surface area contributed by atoms with E-state index in [-0.39, 0.29) is 0 Å². The van der Waals surface area contributed by atoms with E-state index in [0.717, 1.165) is 22.9 Å². The Hall–Kier alpha value is -1.73. The molecular weight excluding hydrogens is 256 g/mol. The lowest BCUT2D eigenvalue weighted by Crippen LogP contribution is -1.99.